The van der Waals surface area contributed by atoms with Gasteiger partial charge in [0.1, 0.15) is 5.82 Å². The third kappa shape index (κ3) is 4.69. The second-order valence-electron chi connectivity index (χ2n) is 7.43. The number of benzene rings is 2. The van der Waals surface area contributed by atoms with Crippen LogP contribution in [0, 0.1) is 5.82 Å². The summed E-state index contributed by atoms with van der Waals surface area (Å²) >= 11 is 1.16. The number of amides is 2. The van der Waals surface area contributed by atoms with Crippen LogP contribution in [0.2, 0.25) is 0 Å². The summed E-state index contributed by atoms with van der Waals surface area (Å²) in [6.45, 7) is 3.80. The van der Waals surface area contributed by atoms with Crippen molar-refractivity contribution in [3.8, 4) is 0 Å². The number of thioether (sulfide) groups is 1. The van der Waals surface area contributed by atoms with E-state index < -0.39 is 11.7 Å². The van der Waals surface area contributed by atoms with E-state index in [4.69, 9.17) is 0 Å². The van der Waals surface area contributed by atoms with Gasteiger partial charge in [0, 0.05) is 19.3 Å². The minimum Gasteiger partial charge on any atom is -0.336 e. The van der Waals surface area contributed by atoms with Gasteiger partial charge in [-0.15, -0.1) is 16.8 Å². The fourth-order valence-electron chi connectivity index (χ4n) is 3.39. The molecule has 2 amide bonds. The molecule has 0 saturated heterocycles. The average Bonchev–Trinajstić information content (AvgIpc) is 3.25. The van der Waals surface area contributed by atoms with Gasteiger partial charge in [0.05, 0.1) is 23.2 Å². The molecule has 0 atom stereocenters. The van der Waals surface area contributed by atoms with Gasteiger partial charge in [0.15, 0.2) is 5.16 Å². The molecule has 0 spiro atoms. The Labute approximate surface area is 197 Å². The van der Waals surface area contributed by atoms with Gasteiger partial charge < -0.3 is 10.2 Å². The van der Waals surface area contributed by atoms with Crippen molar-refractivity contribution in [1.82, 2.24) is 24.1 Å². The molecule has 0 aliphatic heterocycles. The highest BCUT2D eigenvalue weighted by atomic mass is 32.2. The first kappa shape index (κ1) is 23.2. The zero-order valence-electron chi connectivity index (χ0n) is 18.3. The second-order valence-corrected chi connectivity index (χ2v) is 8.38. The Balaban J connectivity index is 1.49. The first-order valence-corrected chi connectivity index (χ1v) is 11.3. The molecule has 11 heteroatoms. The lowest BCUT2D eigenvalue weighted by Gasteiger charge is -2.16. The van der Waals surface area contributed by atoms with E-state index in [1.807, 2.05) is 6.07 Å². The fourth-order valence-corrected chi connectivity index (χ4v) is 4.28. The molecule has 0 fully saturated rings. The number of rotatable bonds is 8. The van der Waals surface area contributed by atoms with E-state index in [2.05, 4.69) is 22.1 Å². The van der Waals surface area contributed by atoms with Crippen molar-refractivity contribution in [2.24, 2.45) is 0 Å². The van der Waals surface area contributed by atoms with Gasteiger partial charge in [-0.05, 0) is 36.4 Å². The number of aromatic nitrogens is 4. The fraction of sp³-hybridized carbons (Fsp3) is 0.174. The highest BCUT2D eigenvalue weighted by Gasteiger charge is 2.19. The van der Waals surface area contributed by atoms with Crippen LogP contribution in [0.5, 0.6) is 0 Å². The van der Waals surface area contributed by atoms with E-state index >= 15 is 0 Å². The monoisotopic (exact) mass is 480 g/mol. The number of nitrogens with zero attached hydrogens (tertiary/aromatic N) is 5. The normalized spacial score (nSPS) is 11.0. The molecule has 34 heavy (non-hydrogen) atoms. The Morgan fingerprint density at radius 1 is 1.18 bits per heavy atom. The number of hydrogen-bond acceptors (Lipinski definition) is 6. The maximum absolute atomic E-state index is 13.0. The first-order chi connectivity index (χ1) is 16.4. The van der Waals surface area contributed by atoms with Crippen LogP contribution in [-0.4, -0.2) is 55.2 Å². The van der Waals surface area contributed by atoms with E-state index in [0.717, 1.165) is 11.8 Å². The zero-order chi connectivity index (χ0) is 24.2. The minimum atomic E-state index is -0.405. The number of anilines is 1. The molecule has 0 unspecified atom stereocenters. The van der Waals surface area contributed by atoms with Crippen molar-refractivity contribution in [3.63, 3.8) is 0 Å². The Kier molecular flexibility index (Phi) is 6.73. The van der Waals surface area contributed by atoms with Crippen LogP contribution in [0.25, 0.3) is 16.7 Å². The standard InChI is InChI=1S/C23H21FN6O3S/c1-3-12-29-21(33)17-6-4-5-7-18(17)30-22(29)26-27-23(30)34-14-20(32)28(2)13-19(31)25-16-10-8-15(24)9-11-16/h3-11H,1,12-14H2,2H3,(H,25,31). The molecule has 4 rings (SSSR count). The Morgan fingerprint density at radius 3 is 2.65 bits per heavy atom. The maximum Gasteiger partial charge on any atom is 0.263 e. The Bertz CT molecular complexity index is 1450. The topological polar surface area (TPSA) is 102 Å². The SMILES string of the molecule is C=CCn1c(=O)c2ccccc2n2c(SCC(=O)N(C)CC(=O)Nc3ccc(F)cc3)nnc12. The summed E-state index contributed by atoms with van der Waals surface area (Å²) in [4.78, 5) is 39.0. The highest BCUT2D eigenvalue weighted by Crippen LogP contribution is 2.22. The Hall–Kier alpha value is -3.99. The first-order valence-electron chi connectivity index (χ1n) is 10.3. The largest absolute Gasteiger partial charge is 0.336 e. The molecular formula is C23H21FN6O3S. The lowest BCUT2D eigenvalue weighted by Crippen LogP contribution is -2.36. The molecule has 0 aliphatic carbocycles. The summed E-state index contributed by atoms with van der Waals surface area (Å²) in [5.41, 5.74) is 0.874. The van der Waals surface area contributed by atoms with Crippen molar-refractivity contribution in [2.75, 3.05) is 24.7 Å². The summed E-state index contributed by atoms with van der Waals surface area (Å²) in [5.74, 6) is -0.738. The van der Waals surface area contributed by atoms with Gasteiger partial charge in [0.2, 0.25) is 17.6 Å². The predicted molar refractivity (Wildman–Crippen MR) is 128 cm³/mol. The van der Waals surface area contributed by atoms with Crippen LogP contribution in [0.1, 0.15) is 0 Å². The van der Waals surface area contributed by atoms with Gasteiger partial charge in [-0.2, -0.15) is 0 Å². The Morgan fingerprint density at radius 2 is 1.91 bits per heavy atom. The van der Waals surface area contributed by atoms with Crippen LogP contribution in [0.3, 0.4) is 0 Å². The van der Waals surface area contributed by atoms with E-state index in [9.17, 15) is 18.8 Å². The van der Waals surface area contributed by atoms with Crippen molar-refractivity contribution < 1.29 is 14.0 Å². The second kappa shape index (κ2) is 9.87. The van der Waals surface area contributed by atoms with Gasteiger partial charge in [0.25, 0.3) is 5.56 Å². The molecule has 1 N–H and O–H groups in total. The molecule has 174 valence electrons. The summed E-state index contributed by atoms with van der Waals surface area (Å²) in [5, 5.41) is 11.9. The van der Waals surface area contributed by atoms with Gasteiger partial charge in [-0.3, -0.25) is 23.4 Å². The third-order valence-corrected chi connectivity index (χ3v) is 5.96. The molecule has 0 radical (unpaired) electrons. The zero-order valence-corrected chi connectivity index (χ0v) is 19.1. The number of carbonyl (C=O) groups is 2. The molecule has 0 aliphatic rings. The molecule has 0 bridgehead atoms. The molecule has 2 aromatic heterocycles. The smallest absolute Gasteiger partial charge is 0.263 e. The van der Waals surface area contributed by atoms with E-state index in [1.165, 1.54) is 40.8 Å². The van der Waals surface area contributed by atoms with Crippen LogP contribution < -0.4 is 10.9 Å². The van der Waals surface area contributed by atoms with Gasteiger partial charge >= 0.3 is 0 Å². The predicted octanol–water partition coefficient (Wildman–Crippen LogP) is 2.56. The summed E-state index contributed by atoms with van der Waals surface area (Å²) in [6, 6.07) is 12.5. The summed E-state index contributed by atoms with van der Waals surface area (Å²) < 4.78 is 16.2. The van der Waals surface area contributed by atoms with Crippen molar-refractivity contribution in [1.29, 1.82) is 0 Å². The number of nitrogens with one attached hydrogen (secondary N) is 1. The molecule has 2 aromatic carbocycles. The van der Waals surface area contributed by atoms with Crippen molar-refractivity contribution >= 4 is 45.9 Å². The quantitative estimate of drug-likeness (QED) is 0.307. The number of halogens is 1. The third-order valence-electron chi connectivity index (χ3n) is 5.05. The minimum absolute atomic E-state index is 0.00995. The number of likely N-dealkylation sites (N-methyl/N-ethyl adjacent to an activating group) is 1. The summed E-state index contributed by atoms with van der Waals surface area (Å²) in [6.07, 6.45) is 1.60. The van der Waals surface area contributed by atoms with E-state index in [-0.39, 0.29) is 30.3 Å². The molecule has 4 aromatic rings. The molecule has 2 heterocycles. The average molecular weight is 481 g/mol. The number of allylic oxidation sites excluding steroid dienone is 1. The molecule has 0 saturated carbocycles. The number of carbonyl (C=O) groups excluding carboxylic acids is 2. The van der Waals surface area contributed by atoms with E-state index in [1.54, 1.807) is 28.7 Å². The highest BCUT2D eigenvalue weighted by molar-refractivity contribution is 7.99. The lowest BCUT2D eigenvalue weighted by molar-refractivity contribution is -0.131. The van der Waals surface area contributed by atoms with Crippen molar-refractivity contribution in [2.45, 2.75) is 11.7 Å². The molecular weight excluding hydrogens is 459 g/mol. The van der Waals surface area contributed by atoms with Crippen LogP contribution in [-0.2, 0) is 16.1 Å². The number of hydrogen-bond donors (Lipinski definition) is 1. The number of fused-ring (bicyclic) bond motifs is 3. The summed E-state index contributed by atoms with van der Waals surface area (Å²) in [7, 11) is 1.52. The van der Waals surface area contributed by atoms with Gasteiger partial charge in [-0.1, -0.05) is 30.0 Å². The van der Waals surface area contributed by atoms with Crippen molar-refractivity contribution in [3.05, 3.63) is 77.4 Å². The van der Waals surface area contributed by atoms with Crippen LogP contribution >= 0.6 is 11.8 Å². The van der Waals surface area contributed by atoms with E-state index in [0.29, 0.717) is 27.5 Å². The van der Waals surface area contributed by atoms with Crippen LogP contribution in [0.15, 0.2) is 71.1 Å². The number of para-hydroxylation sites is 1. The lowest BCUT2D eigenvalue weighted by atomic mass is 10.2. The van der Waals surface area contributed by atoms with Crippen LogP contribution in [0.4, 0.5) is 10.1 Å². The van der Waals surface area contributed by atoms with Gasteiger partial charge in [-0.25, -0.2) is 4.39 Å². The maximum atomic E-state index is 13.0. The molecule has 9 nitrogen and oxygen atoms in total.